The SMILES string of the molecule is N#CCN1C[C@@H](O)C[C@@H]1c1ccccc1C(F)(F)F. The Morgan fingerprint density at radius 1 is 1.37 bits per heavy atom. The van der Waals surface area contributed by atoms with Crippen LogP contribution < -0.4 is 0 Å². The average molecular weight is 270 g/mol. The van der Waals surface area contributed by atoms with Crippen LogP contribution in [0.5, 0.6) is 0 Å². The van der Waals surface area contributed by atoms with Crippen molar-refractivity contribution in [1.29, 1.82) is 5.26 Å². The van der Waals surface area contributed by atoms with Crippen LogP contribution in [0.1, 0.15) is 23.6 Å². The molecule has 1 aromatic carbocycles. The number of nitriles is 1. The van der Waals surface area contributed by atoms with Crippen molar-refractivity contribution in [2.75, 3.05) is 13.1 Å². The van der Waals surface area contributed by atoms with Crippen LogP contribution in [0.15, 0.2) is 24.3 Å². The molecule has 0 radical (unpaired) electrons. The van der Waals surface area contributed by atoms with E-state index in [1.54, 1.807) is 11.0 Å². The zero-order valence-electron chi connectivity index (χ0n) is 10.1. The lowest BCUT2D eigenvalue weighted by molar-refractivity contribution is -0.138. The molecule has 0 bridgehead atoms. The Labute approximate surface area is 108 Å². The summed E-state index contributed by atoms with van der Waals surface area (Å²) >= 11 is 0. The largest absolute Gasteiger partial charge is 0.416 e. The van der Waals surface area contributed by atoms with Crippen molar-refractivity contribution in [2.24, 2.45) is 0 Å². The van der Waals surface area contributed by atoms with Crippen molar-refractivity contribution in [3.05, 3.63) is 35.4 Å². The number of aliphatic hydroxyl groups excluding tert-OH is 1. The van der Waals surface area contributed by atoms with Gasteiger partial charge in [-0.3, -0.25) is 4.90 Å². The van der Waals surface area contributed by atoms with Gasteiger partial charge in [-0.2, -0.15) is 18.4 Å². The molecule has 102 valence electrons. The molecule has 0 aromatic heterocycles. The summed E-state index contributed by atoms with van der Waals surface area (Å²) in [5.74, 6) is 0. The van der Waals surface area contributed by atoms with Gasteiger partial charge < -0.3 is 5.11 Å². The Balaban J connectivity index is 2.39. The number of β-amino-alcohol motifs (C(OH)–C–C–N with tert-alkyl or cyclic N) is 1. The molecule has 1 heterocycles. The minimum Gasteiger partial charge on any atom is -0.392 e. The number of alkyl halides is 3. The fourth-order valence-electron chi connectivity index (χ4n) is 2.51. The lowest BCUT2D eigenvalue weighted by atomic mass is 9.97. The maximum Gasteiger partial charge on any atom is 0.416 e. The van der Waals surface area contributed by atoms with Gasteiger partial charge in [0, 0.05) is 12.6 Å². The van der Waals surface area contributed by atoms with Gasteiger partial charge >= 0.3 is 6.18 Å². The fourth-order valence-corrected chi connectivity index (χ4v) is 2.51. The topological polar surface area (TPSA) is 47.3 Å². The summed E-state index contributed by atoms with van der Waals surface area (Å²) in [5.41, 5.74) is -0.571. The summed E-state index contributed by atoms with van der Waals surface area (Å²) in [7, 11) is 0. The predicted octanol–water partition coefficient (Wildman–Crippen LogP) is 2.34. The van der Waals surface area contributed by atoms with Crippen LogP contribution in [-0.4, -0.2) is 29.2 Å². The number of aliphatic hydroxyl groups is 1. The molecule has 0 amide bonds. The highest BCUT2D eigenvalue weighted by Crippen LogP contribution is 2.40. The number of hydrogen-bond donors (Lipinski definition) is 1. The van der Waals surface area contributed by atoms with E-state index in [-0.39, 0.29) is 25.1 Å². The van der Waals surface area contributed by atoms with E-state index in [1.807, 2.05) is 6.07 Å². The molecule has 1 aromatic rings. The van der Waals surface area contributed by atoms with Crippen molar-refractivity contribution in [3.8, 4) is 6.07 Å². The number of halogens is 3. The first kappa shape index (κ1) is 13.8. The number of nitrogens with zero attached hydrogens (tertiary/aromatic N) is 2. The minimum atomic E-state index is -4.43. The van der Waals surface area contributed by atoms with Crippen molar-refractivity contribution >= 4 is 0 Å². The van der Waals surface area contributed by atoms with Crippen LogP contribution >= 0.6 is 0 Å². The maximum atomic E-state index is 13.0. The molecule has 1 aliphatic heterocycles. The van der Waals surface area contributed by atoms with Crippen LogP contribution in [-0.2, 0) is 6.18 Å². The summed E-state index contributed by atoms with van der Waals surface area (Å²) < 4.78 is 38.9. The van der Waals surface area contributed by atoms with E-state index in [1.165, 1.54) is 12.1 Å². The van der Waals surface area contributed by atoms with Crippen molar-refractivity contribution < 1.29 is 18.3 Å². The van der Waals surface area contributed by atoms with E-state index >= 15 is 0 Å². The predicted molar refractivity (Wildman–Crippen MR) is 62.0 cm³/mol. The average Bonchev–Trinajstić information content (AvgIpc) is 2.70. The van der Waals surface area contributed by atoms with Crippen LogP contribution in [0.4, 0.5) is 13.2 Å². The first-order valence-electron chi connectivity index (χ1n) is 5.88. The highest BCUT2D eigenvalue weighted by atomic mass is 19.4. The summed E-state index contributed by atoms with van der Waals surface area (Å²) in [5, 5.41) is 18.3. The summed E-state index contributed by atoms with van der Waals surface area (Å²) in [6.07, 6.45) is -4.91. The third-order valence-corrected chi connectivity index (χ3v) is 3.28. The van der Waals surface area contributed by atoms with Gasteiger partial charge in [-0.15, -0.1) is 0 Å². The van der Waals surface area contributed by atoms with Crippen molar-refractivity contribution in [3.63, 3.8) is 0 Å². The number of hydrogen-bond acceptors (Lipinski definition) is 3. The molecule has 6 heteroatoms. The first-order valence-corrected chi connectivity index (χ1v) is 5.88. The summed E-state index contributed by atoms with van der Waals surface area (Å²) in [4.78, 5) is 1.58. The molecule has 1 aliphatic rings. The Bertz CT molecular complexity index is 495. The van der Waals surface area contributed by atoms with E-state index < -0.39 is 23.9 Å². The molecule has 2 atom stereocenters. The van der Waals surface area contributed by atoms with Crippen molar-refractivity contribution in [2.45, 2.75) is 24.7 Å². The second kappa shape index (κ2) is 5.19. The number of rotatable bonds is 2. The summed E-state index contributed by atoms with van der Waals surface area (Å²) in [6.45, 7) is 0.234. The van der Waals surface area contributed by atoms with Gasteiger partial charge in [0.25, 0.3) is 0 Å². The highest BCUT2D eigenvalue weighted by Gasteiger charge is 2.39. The number of benzene rings is 1. The second-order valence-electron chi connectivity index (χ2n) is 4.58. The lowest BCUT2D eigenvalue weighted by Crippen LogP contribution is -2.26. The smallest absolute Gasteiger partial charge is 0.392 e. The molecule has 1 fully saturated rings. The third-order valence-electron chi connectivity index (χ3n) is 3.28. The number of likely N-dealkylation sites (tertiary alicyclic amines) is 1. The second-order valence-corrected chi connectivity index (χ2v) is 4.58. The van der Waals surface area contributed by atoms with E-state index in [0.29, 0.717) is 0 Å². The van der Waals surface area contributed by atoms with Gasteiger partial charge in [0.05, 0.1) is 24.3 Å². The normalized spacial score (nSPS) is 24.4. The standard InChI is InChI=1S/C13H13F3N2O/c14-13(15,16)11-4-2-1-3-10(11)12-7-9(19)8-18(12)6-5-17/h1-4,9,12,19H,6-8H2/t9-,12+/m0/s1. The van der Waals surface area contributed by atoms with E-state index in [9.17, 15) is 18.3 Å². The zero-order chi connectivity index (χ0) is 14.0. The Kier molecular flexibility index (Phi) is 3.78. The fraction of sp³-hybridized carbons (Fsp3) is 0.462. The molecule has 19 heavy (non-hydrogen) atoms. The molecule has 0 saturated carbocycles. The quantitative estimate of drug-likeness (QED) is 0.839. The van der Waals surface area contributed by atoms with Gasteiger partial charge in [-0.05, 0) is 18.1 Å². The van der Waals surface area contributed by atoms with Gasteiger partial charge in [0.2, 0.25) is 0 Å². The first-order chi connectivity index (χ1) is 8.93. The monoisotopic (exact) mass is 270 g/mol. The van der Waals surface area contributed by atoms with Gasteiger partial charge in [-0.25, -0.2) is 0 Å². The Hall–Kier alpha value is -1.58. The lowest BCUT2D eigenvalue weighted by Gasteiger charge is -2.24. The maximum absolute atomic E-state index is 13.0. The third kappa shape index (κ3) is 2.88. The molecule has 0 aliphatic carbocycles. The molecular formula is C13H13F3N2O. The molecule has 1 N–H and O–H groups in total. The van der Waals surface area contributed by atoms with E-state index in [0.717, 1.165) is 6.07 Å². The molecule has 0 unspecified atom stereocenters. The minimum absolute atomic E-state index is 0.00786. The highest BCUT2D eigenvalue weighted by molar-refractivity contribution is 5.33. The molecule has 3 nitrogen and oxygen atoms in total. The molecular weight excluding hydrogens is 257 g/mol. The Morgan fingerprint density at radius 2 is 2.05 bits per heavy atom. The molecule has 1 saturated heterocycles. The van der Waals surface area contributed by atoms with Gasteiger partial charge in [0.1, 0.15) is 0 Å². The summed E-state index contributed by atoms with van der Waals surface area (Å²) in [6, 6.07) is 6.69. The van der Waals surface area contributed by atoms with Gasteiger partial charge in [0.15, 0.2) is 0 Å². The zero-order valence-corrected chi connectivity index (χ0v) is 10.1. The van der Waals surface area contributed by atoms with E-state index in [4.69, 9.17) is 5.26 Å². The van der Waals surface area contributed by atoms with Gasteiger partial charge in [-0.1, -0.05) is 18.2 Å². The Morgan fingerprint density at radius 3 is 2.68 bits per heavy atom. The molecule has 0 spiro atoms. The van der Waals surface area contributed by atoms with Crippen molar-refractivity contribution in [1.82, 2.24) is 4.90 Å². The van der Waals surface area contributed by atoms with Crippen LogP contribution in [0.3, 0.4) is 0 Å². The van der Waals surface area contributed by atoms with Crippen LogP contribution in [0.25, 0.3) is 0 Å². The van der Waals surface area contributed by atoms with Crippen LogP contribution in [0, 0.1) is 11.3 Å². The molecule has 2 rings (SSSR count). The van der Waals surface area contributed by atoms with Crippen LogP contribution in [0.2, 0.25) is 0 Å². The van der Waals surface area contributed by atoms with E-state index in [2.05, 4.69) is 0 Å².